The summed E-state index contributed by atoms with van der Waals surface area (Å²) in [5.41, 5.74) is 0. The van der Waals surface area contributed by atoms with E-state index in [4.69, 9.17) is 0 Å². The van der Waals surface area contributed by atoms with Crippen LogP contribution >= 0.6 is 0 Å². The second kappa shape index (κ2) is 5.67. The molecule has 4 heteroatoms. The van der Waals surface area contributed by atoms with Gasteiger partial charge in [-0.1, -0.05) is 0 Å². The van der Waals surface area contributed by atoms with Gasteiger partial charge in [-0.05, 0) is 27.1 Å². The van der Waals surface area contributed by atoms with E-state index in [1.54, 1.807) is 12.4 Å². The molecule has 78 valence electrons. The molecule has 1 atom stereocenters. The molecule has 1 heterocycles. The monoisotopic (exact) mass is 194 g/mol. The standard InChI is InChI=1S/C10H18N4/c1-9(8-14(2)3)13-7-10-11-5-4-6-12-10/h4-6,9,13H,7-8H2,1-3H3. The van der Waals surface area contributed by atoms with E-state index in [1.807, 2.05) is 6.07 Å². The predicted molar refractivity (Wildman–Crippen MR) is 56.9 cm³/mol. The van der Waals surface area contributed by atoms with Crippen molar-refractivity contribution in [3.63, 3.8) is 0 Å². The molecule has 0 saturated carbocycles. The van der Waals surface area contributed by atoms with Crippen molar-refractivity contribution < 1.29 is 0 Å². The average Bonchev–Trinajstić information content (AvgIpc) is 2.15. The molecule has 1 unspecified atom stereocenters. The second-order valence-corrected chi connectivity index (χ2v) is 3.71. The second-order valence-electron chi connectivity index (χ2n) is 3.71. The lowest BCUT2D eigenvalue weighted by molar-refractivity contribution is 0.347. The van der Waals surface area contributed by atoms with Crippen molar-refractivity contribution in [1.82, 2.24) is 20.2 Å². The number of likely N-dealkylation sites (N-methyl/N-ethyl adjacent to an activating group) is 1. The Kier molecular flexibility index (Phi) is 4.49. The highest BCUT2D eigenvalue weighted by molar-refractivity contribution is 4.88. The minimum atomic E-state index is 0.453. The molecule has 0 aromatic carbocycles. The first kappa shape index (κ1) is 11.1. The van der Waals surface area contributed by atoms with E-state index in [-0.39, 0.29) is 0 Å². The molecule has 0 bridgehead atoms. The zero-order valence-corrected chi connectivity index (χ0v) is 9.07. The number of nitrogens with one attached hydrogen (secondary N) is 1. The summed E-state index contributed by atoms with van der Waals surface area (Å²) in [5.74, 6) is 0.845. The van der Waals surface area contributed by atoms with Gasteiger partial charge in [0.2, 0.25) is 0 Å². The van der Waals surface area contributed by atoms with Gasteiger partial charge >= 0.3 is 0 Å². The zero-order chi connectivity index (χ0) is 10.4. The SMILES string of the molecule is CC(CN(C)C)NCc1ncccn1. The Morgan fingerprint density at radius 3 is 2.57 bits per heavy atom. The Balaban J connectivity index is 2.27. The van der Waals surface area contributed by atoms with Crippen molar-refractivity contribution in [2.75, 3.05) is 20.6 Å². The third-order valence-electron chi connectivity index (χ3n) is 1.87. The lowest BCUT2D eigenvalue weighted by Crippen LogP contribution is -2.35. The molecule has 0 fully saturated rings. The Bertz CT molecular complexity index is 248. The lowest BCUT2D eigenvalue weighted by atomic mass is 10.3. The summed E-state index contributed by atoms with van der Waals surface area (Å²) in [5, 5.41) is 3.36. The molecule has 1 aromatic heterocycles. The van der Waals surface area contributed by atoms with Gasteiger partial charge in [-0.25, -0.2) is 9.97 Å². The van der Waals surface area contributed by atoms with Crippen molar-refractivity contribution >= 4 is 0 Å². The van der Waals surface area contributed by atoms with Crippen molar-refractivity contribution in [3.8, 4) is 0 Å². The minimum absolute atomic E-state index is 0.453. The molecule has 0 spiro atoms. The van der Waals surface area contributed by atoms with E-state index in [1.165, 1.54) is 0 Å². The molecule has 0 amide bonds. The van der Waals surface area contributed by atoms with Crippen molar-refractivity contribution in [3.05, 3.63) is 24.3 Å². The van der Waals surface area contributed by atoms with E-state index < -0.39 is 0 Å². The molecular weight excluding hydrogens is 176 g/mol. The third kappa shape index (κ3) is 4.30. The molecule has 0 radical (unpaired) electrons. The first-order valence-electron chi connectivity index (χ1n) is 4.82. The van der Waals surface area contributed by atoms with Crippen LogP contribution in [0.4, 0.5) is 0 Å². The highest BCUT2D eigenvalue weighted by atomic mass is 15.1. The number of hydrogen-bond donors (Lipinski definition) is 1. The van der Waals surface area contributed by atoms with Gasteiger partial charge in [-0.3, -0.25) is 0 Å². The van der Waals surface area contributed by atoms with E-state index >= 15 is 0 Å². The molecule has 1 N–H and O–H groups in total. The van der Waals surface area contributed by atoms with Crippen LogP contribution in [0.1, 0.15) is 12.7 Å². The van der Waals surface area contributed by atoms with Crippen molar-refractivity contribution in [1.29, 1.82) is 0 Å². The van der Waals surface area contributed by atoms with Crippen LogP contribution in [0.3, 0.4) is 0 Å². The highest BCUT2D eigenvalue weighted by Crippen LogP contribution is 1.90. The lowest BCUT2D eigenvalue weighted by Gasteiger charge is -2.17. The minimum Gasteiger partial charge on any atom is -0.308 e. The molecule has 4 nitrogen and oxygen atoms in total. The van der Waals surface area contributed by atoms with E-state index in [9.17, 15) is 0 Å². The number of nitrogens with zero attached hydrogens (tertiary/aromatic N) is 3. The van der Waals surface area contributed by atoms with Crippen molar-refractivity contribution in [2.24, 2.45) is 0 Å². The Morgan fingerprint density at radius 2 is 2.00 bits per heavy atom. The smallest absolute Gasteiger partial charge is 0.141 e. The first-order chi connectivity index (χ1) is 6.68. The molecule has 0 saturated heterocycles. The fourth-order valence-corrected chi connectivity index (χ4v) is 1.30. The van der Waals surface area contributed by atoms with Gasteiger partial charge in [-0.2, -0.15) is 0 Å². The molecule has 0 aliphatic heterocycles. The normalized spacial score (nSPS) is 13.1. The topological polar surface area (TPSA) is 41.0 Å². The van der Waals surface area contributed by atoms with E-state index in [0.717, 1.165) is 18.9 Å². The Hall–Kier alpha value is -1.00. The van der Waals surface area contributed by atoms with Gasteiger partial charge in [0, 0.05) is 25.0 Å². The summed E-state index contributed by atoms with van der Waals surface area (Å²) >= 11 is 0. The summed E-state index contributed by atoms with van der Waals surface area (Å²) in [6, 6.07) is 2.28. The van der Waals surface area contributed by atoms with Crippen LogP contribution in [0, 0.1) is 0 Å². The maximum absolute atomic E-state index is 4.14. The van der Waals surface area contributed by atoms with Crippen LogP contribution in [-0.2, 0) is 6.54 Å². The fraction of sp³-hybridized carbons (Fsp3) is 0.600. The summed E-state index contributed by atoms with van der Waals surface area (Å²) < 4.78 is 0. The highest BCUT2D eigenvalue weighted by Gasteiger charge is 2.02. The maximum Gasteiger partial charge on any atom is 0.141 e. The van der Waals surface area contributed by atoms with Crippen LogP contribution < -0.4 is 5.32 Å². The average molecular weight is 194 g/mol. The van der Waals surface area contributed by atoms with E-state index in [0.29, 0.717) is 6.04 Å². The quantitative estimate of drug-likeness (QED) is 0.742. The van der Waals surface area contributed by atoms with Crippen LogP contribution in [-0.4, -0.2) is 41.5 Å². The molecule has 0 aliphatic rings. The molecular formula is C10H18N4. The fourth-order valence-electron chi connectivity index (χ4n) is 1.30. The summed E-state index contributed by atoms with van der Waals surface area (Å²) in [7, 11) is 4.13. The van der Waals surface area contributed by atoms with Gasteiger partial charge in [0.25, 0.3) is 0 Å². The first-order valence-corrected chi connectivity index (χ1v) is 4.82. The van der Waals surface area contributed by atoms with Gasteiger partial charge in [0.05, 0.1) is 6.54 Å². The molecule has 1 aromatic rings. The molecule has 1 rings (SSSR count). The van der Waals surface area contributed by atoms with Gasteiger partial charge in [0.1, 0.15) is 5.82 Å². The summed E-state index contributed by atoms with van der Waals surface area (Å²) in [6.45, 7) is 3.91. The largest absolute Gasteiger partial charge is 0.308 e. The van der Waals surface area contributed by atoms with Gasteiger partial charge < -0.3 is 10.2 Å². The molecule has 0 aliphatic carbocycles. The number of hydrogen-bond acceptors (Lipinski definition) is 4. The van der Waals surface area contributed by atoms with Crippen LogP contribution in [0.5, 0.6) is 0 Å². The molecule has 14 heavy (non-hydrogen) atoms. The predicted octanol–water partition coefficient (Wildman–Crippen LogP) is 0.516. The summed E-state index contributed by atoms with van der Waals surface area (Å²) in [6.07, 6.45) is 3.53. The van der Waals surface area contributed by atoms with E-state index in [2.05, 4.69) is 41.2 Å². The Labute approximate surface area is 85.4 Å². The maximum atomic E-state index is 4.14. The number of aromatic nitrogens is 2. The van der Waals surface area contributed by atoms with Crippen LogP contribution in [0.2, 0.25) is 0 Å². The van der Waals surface area contributed by atoms with Crippen molar-refractivity contribution in [2.45, 2.75) is 19.5 Å². The van der Waals surface area contributed by atoms with Crippen LogP contribution in [0.15, 0.2) is 18.5 Å². The number of rotatable bonds is 5. The van der Waals surface area contributed by atoms with Gasteiger partial charge in [-0.15, -0.1) is 0 Å². The Morgan fingerprint density at radius 1 is 1.36 bits per heavy atom. The third-order valence-corrected chi connectivity index (χ3v) is 1.87. The summed E-state index contributed by atoms with van der Waals surface area (Å²) in [4.78, 5) is 10.4. The zero-order valence-electron chi connectivity index (χ0n) is 9.07. The van der Waals surface area contributed by atoms with Gasteiger partial charge in [0.15, 0.2) is 0 Å². The van der Waals surface area contributed by atoms with Crippen LogP contribution in [0.25, 0.3) is 0 Å².